The third-order valence-corrected chi connectivity index (χ3v) is 2.84. The van der Waals surface area contributed by atoms with Gasteiger partial charge < -0.3 is 14.5 Å². The van der Waals surface area contributed by atoms with E-state index in [1.165, 1.54) is 0 Å². The first-order valence-electron chi connectivity index (χ1n) is 5.10. The number of ether oxygens (including phenoxy) is 1. The lowest BCUT2D eigenvalue weighted by Crippen LogP contribution is -2.20. The molecule has 1 unspecified atom stereocenters. The van der Waals surface area contributed by atoms with Gasteiger partial charge in [0.15, 0.2) is 5.58 Å². The lowest BCUT2D eigenvalue weighted by Gasteiger charge is -2.11. The number of fused-ring (bicyclic) bond motifs is 1. The highest BCUT2D eigenvalue weighted by molar-refractivity contribution is 6.34. The second-order valence-electron chi connectivity index (χ2n) is 3.60. The molecule has 0 amide bonds. The maximum atomic E-state index is 6.05. The average molecular weight is 240 g/mol. The van der Waals surface area contributed by atoms with Gasteiger partial charge in [-0.25, -0.2) is 0 Å². The van der Waals surface area contributed by atoms with Crippen LogP contribution in [0.3, 0.4) is 0 Å². The molecular weight excluding hydrogens is 226 g/mol. The van der Waals surface area contributed by atoms with Crippen LogP contribution in [0.2, 0.25) is 5.02 Å². The van der Waals surface area contributed by atoms with Crippen molar-refractivity contribution in [1.82, 2.24) is 5.32 Å². The molecule has 2 rings (SSSR count). The summed E-state index contributed by atoms with van der Waals surface area (Å²) in [6.07, 6.45) is 0. The molecule has 1 aromatic heterocycles. The molecule has 1 heterocycles. The highest BCUT2D eigenvalue weighted by Gasteiger charge is 2.15. The average Bonchev–Trinajstić information content (AvgIpc) is 2.71. The third-order valence-electron chi connectivity index (χ3n) is 2.54. The van der Waals surface area contributed by atoms with Crippen LogP contribution in [0.25, 0.3) is 11.0 Å². The van der Waals surface area contributed by atoms with Crippen LogP contribution in [0, 0.1) is 0 Å². The molecule has 0 aliphatic heterocycles. The fraction of sp³-hybridized carbons (Fsp3) is 0.333. The Bertz CT molecular complexity index is 481. The summed E-state index contributed by atoms with van der Waals surface area (Å²) in [5, 5.41) is 4.79. The summed E-state index contributed by atoms with van der Waals surface area (Å²) in [6, 6.07) is 7.75. The summed E-state index contributed by atoms with van der Waals surface area (Å²) in [5.74, 6) is 0.840. The number of hydrogen-bond acceptors (Lipinski definition) is 3. The van der Waals surface area contributed by atoms with E-state index in [4.69, 9.17) is 20.8 Å². The molecule has 0 bridgehead atoms. The van der Waals surface area contributed by atoms with E-state index in [0.717, 1.165) is 16.7 Å². The van der Waals surface area contributed by atoms with Crippen LogP contribution in [0.1, 0.15) is 11.8 Å². The van der Waals surface area contributed by atoms with Gasteiger partial charge in [-0.15, -0.1) is 0 Å². The normalized spacial score (nSPS) is 13.2. The van der Waals surface area contributed by atoms with Gasteiger partial charge >= 0.3 is 0 Å². The Labute approximate surface area is 99.3 Å². The first kappa shape index (κ1) is 11.5. The Morgan fingerprint density at radius 3 is 2.94 bits per heavy atom. The molecule has 0 saturated carbocycles. The zero-order valence-corrected chi connectivity index (χ0v) is 10.0. The minimum absolute atomic E-state index is 0.0495. The zero-order valence-electron chi connectivity index (χ0n) is 9.29. The SMILES string of the molecule is CNC(COC)c1cc2cccc(Cl)c2o1. The first-order valence-corrected chi connectivity index (χ1v) is 5.48. The van der Waals surface area contributed by atoms with Crippen molar-refractivity contribution in [2.24, 2.45) is 0 Å². The van der Waals surface area contributed by atoms with E-state index in [0.29, 0.717) is 11.6 Å². The number of nitrogens with one attached hydrogen (secondary N) is 1. The van der Waals surface area contributed by atoms with Crippen molar-refractivity contribution in [2.45, 2.75) is 6.04 Å². The molecule has 1 aromatic carbocycles. The molecule has 0 radical (unpaired) electrons. The summed E-state index contributed by atoms with van der Waals surface area (Å²) in [7, 11) is 3.54. The number of methoxy groups -OCH3 is 1. The fourth-order valence-corrected chi connectivity index (χ4v) is 1.91. The lowest BCUT2D eigenvalue weighted by atomic mass is 10.2. The Hall–Kier alpha value is -1.03. The van der Waals surface area contributed by atoms with E-state index in [1.807, 2.05) is 31.3 Å². The molecule has 2 aromatic rings. The number of hydrogen-bond donors (Lipinski definition) is 1. The summed E-state index contributed by atoms with van der Waals surface area (Å²) in [5.41, 5.74) is 0.732. The van der Waals surface area contributed by atoms with E-state index in [9.17, 15) is 0 Å². The van der Waals surface area contributed by atoms with E-state index >= 15 is 0 Å². The van der Waals surface area contributed by atoms with Gasteiger partial charge in [-0.2, -0.15) is 0 Å². The Morgan fingerprint density at radius 1 is 1.50 bits per heavy atom. The van der Waals surface area contributed by atoms with Gasteiger partial charge in [-0.3, -0.25) is 0 Å². The van der Waals surface area contributed by atoms with E-state index in [-0.39, 0.29) is 6.04 Å². The van der Waals surface area contributed by atoms with E-state index < -0.39 is 0 Å². The number of benzene rings is 1. The van der Waals surface area contributed by atoms with Gasteiger partial charge in [-0.05, 0) is 19.2 Å². The number of rotatable bonds is 4. The van der Waals surface area contributed by atoms with Crippen LogP contribution in [0.4, 0.5) is 0 Å². The fourth-order valence-electron chi connectivity index (χ4n) is 1.69. The van der Waals surface area contributed by atoms with Crippen LogP contribution >= 0.6 is 11.6 Å². The van der Waals surface area contributed by atoms with Crippen molar-refractivity contribution >= 4 is 22.6 Å². The van der Waals surface area contributed by atoms with Gasteiger partial charge in [0.25, 0.3) is 0 Å². The van der Waals surface area contributed by atoms with Gasteiger partial charge in [0.05, 0.1) is 17.7 Å². The molecule has 1 N–H and O–H groups in total. The van der Waals surface area contributed by atoms with Crippen LogP contribution in [0.15, 0.2) is 28.7 Å². The molecule has 86 valence electrons. The molecule has 3 nitrogen and oxygen atoms in total. The molecule has 0 fully saturated rings. The van der Waals surface area contributed by atoms with Crippen molar-refractivity contribution in [2.75, 3.05) is 20.8 Å². The summed E-state index contributed by atoms with van der Waals surface area (Å²) in [6.45, 7) is 0.563. The van der Waals surface area contributed by atoms with Crippen molar-refractivity contribution in [3.05, 3.63) is 35.0 Å². The van der Waals surface area contributed by atoms with Gasteiger partial charge in [0.1, 0.15) is 5.76 Å². The van der Waals surface area contributed by atoms with Gasteiger partial charge in [0, 0.05) is 12.5 Å². The highest BCUT2D eigenvalue weighted by atomic mass is 35.5. The predicted octanol–water partition coefficient (Wildman–Crippen LogP) is 2.99. The minimum Gasteiger partial charge on any atom is -0.458 e. The van der Waals surface area contributed by atoms with Crippen molar-refractivity contribution in [1.29, 1.82) is 0 Å². The third kappa shape index (κ3) is 2.07. The Morgan fingerprint density at radius 2 is 2.31 bits per heavy atom. The highest BCUT2D eigenvalue weighted by Crippen LogP contribution is 2.29. The molecule has 0 saturated heterocycles. The largest absolute Gasteiger partial charge is 0.458 e. The van der Waals surface area contributed by atoms with Crippen molar-refractivity contribution in [3.8, 4) is 0 Å². The maximum Gasteiger partial charge on any atom is 0.152 e. The number of furan rings is 1. The van der Waals surface area contributed by atoms with Crippen LogP contribution in [-0.2, 0) is 4.74 Å². The monoisotopic (exact) mass is 239 g/mol. The Balaban J connectivity index is 2.42. The standard InChI is InChI=1S/C12H14ClNO2/c1-14-10(7-15-2)11-6-8-4-3-5-9(13)12(8)16-11/h3-6,10,14H,7H2,1-2H3. The zero-order chi connectivity index (χ0) is 11.5. The van der Waals surface area contributed by atoms with E-state index in [1.54, 1.807) is 7.11 Å². The quantitative estimate of drug-likeness (QED) is 0.891. The molecule has 1 atom stereocenters. The molecular formula is C12H14ClNO2. The van der Waals surface area contributed by atoms with Crippen LogP contribution in [-0.4, -0.2) is 20.8 Å². The lowest BCUT2D eigenvalue weighted by molar-refractivity contribution is 0.162. The predicted molar refractivity (Wildman–Crippen MR) is 64.9 cm³/mol. The van der Waals surface area contributed by atoms with Crippen molar-refractivity contribution < 1.29 is 9.15 Å². The van der Waals surface area contributed by atoms with E-state index in [2.05, 4.69) is 5.32 Å². The van der Waals surface area contributed by atoms with Crippen LogP contribution in [0.5, 0.6) is 0 Å². The first-order chi connectivity index (χ1) is 7.76. The van der Waals surface area contributed by atoms with Gasteiger partial charge in [0.2, 0.25) is 0 Å². The van der Waals surface area contributed by atoms with Crippen molar-refractivity contribution in [3.63, 3.8) is 0 Å². The summed E-state index contributed by atoms with van der Waals surface area (Å²) >= 11 is 6.05. The molecule has 0 aliphatic rings. The number of halogens is 1. The smallest absolute Gasteiger partial charge is 0.152 e. The topological polar surface area (TPSA) is 34.4 Å². The number of para-hydroxylation sites is 1. The Kier molecular flexibility index (Phi) is 3.49. The van der Waals surface area contributed by atoms with Gasteiger partial charge in [-0.1, -0.05) is 23.7 Å². The second-order valence-corrected chi connectivity index (χ2v) is 4.01. The van der Waals surface area contributed by atoms with Crippen LogP contribution < -0.4 is 5.32 Å². The number of likely N-dealkylation sites (N-methyl/N-ethyl adjacent to an activating group) is 1. The summed E-state index contributed by atoms with van der Waals surface area (Å²) < 4.78 is 10.8. The molecule has 4 heteroatoms. The molecule has 0 spiro atoms. The summed E-state index contributed by atoms with van der Waals surface area (Å²) in [4.78, 5) is 0. The molecule has 0 aliphatic carbocycles. The molecule has 16 heavy (non-hydrogen) atoms. The minimum atomic E-state index is 0.0495. The second kappa shape index (κ2) is 4.87. The maximum absolute atomic E-state index is 6.05.